The first-order valence-electron chi connectivity index (χ1n) is 5.06. The molecule has 1 heterocycles. The lowest BCUT2D eigenvalue weighted by molar-refractivity contribution is -0.151. The van der Waals surface area contributed by atoms with E-state index in [-0.39, 0.29) is 11.7 Å². The zero-order valence-corrected chi connectivity index (χ0v) is 11.1. The first-order valence-corrected chi connectivity index (χ1v) is 6.05. The Labute approximate surface area is 99.8 Å². The fourth-order valence-electron chi connectivity index (χ4n) is 0.997. The summed E-state index contributed by atoms with van der Waals surface area (Å²) in [6.07, 6.45) is 0. The van der Waals surface area contributed by atoms with Gasteiger partial charge < -0.3 is 9.15 Å². The van der Waals surface area contributed by atoms with Gasteiger partial charge in [-0.3, -0.25) is 4.79 Å². The van der Waals surface area contributed by atoms with Crippen molar-refractivity contribution in [1.29, 1.82) is 0 Å². The van der Waals surface area contributed by atoms with Gasteiger partial charge in [0.05, 0.1) is 5.69 Å². The molecule has 90 valence electrons. The number of hydrogen-bond donors (Lipinski definition) is 0. The zero-order valence-electron chi connectivity index (χ0n) is 10.3. The third-order valence-corrected chi connectivity index (χ3v) is 2.54. The van der Waals surface area contributed by atoms with Crippen LogP contribution in [0.1, 0.15) is 32.2 Å². The van der Waals surface area contributed by atoms with Crippen molar-refractivity contribution in [2.24, 2.45) is 0 Å². The first kappa shape index (κ1) is 13.1. The number of oxazole rings is 1. The molecule has 16 heavy (non-hydrogen) atoms. The molecular formula is C11H17NO3S. The fraction of sp³-hybridized carbons (Fsp3) is 0.636. The van der Waals surface area contributed by atoms with Crippen LogP contribution in [0.15, 0.2) is 9.64 Å². The Bertz CT molecular complexity index is 360. The van der Waals surface area contributed by atoms with Crippen LogP contribution in [0.25, 0.3) is 0 Å². The molecule has 1 aromatic heterocycles. The van der Waals surface area contributed by atoms with Gasteiger partial charge in [-0.15, -0.1) is 0 Å². The second kappa shape index (κ2) is 4.91. The van der Waals surface area contributed by atoms with Crippen molar-refractivity contribution < 1.29 is 13.9 Å². The smallest absolute Gasteiger partial charge is 0.316 e. The van der Waals surface area contributed by atoms with Crippen LogP contribution < -0.4 is 0 Å². The van der Waals surface area contributed by atoms with E-state index in [1.807, 2.05) is 34.6 Å². The predicted octanol–water partition coefficient (Wildman–Crippen LogP) is 2.73. The maximum Gasteiger partial charge on any atom is 0.316 e. The Morgan fingerprint density at radius 3 is 2.50 bits per heavy atom. The highest BCUT2D eigenvalue weighted by molar-refractivity contribution is 7.99. The molecule has 0 saturated heterocycles. The average molecular weight is 243 g/mol. The Balaban J connectivity index is 2.43. The molecule has 1 aromatic rings. The molecule has 0 fully saturated rings. The monoisotopic (exact) mass is 243 g/mol. The van der Waals surface area contributed by atoms with E-state index in [4.69, 9.17) is 9.15 Å². The number of rotatable bonds is 3. The van der Waals surface area contributed by atoms with Crippen LogP contribution in [0, 0.1) is 13.8 Å². The Hall–Kier alpha value is -0.970. The number of ether oxygens (including phenoxy) is 1. The molecule has 0 aliphatic heterocycles. The molecule has 0 aliphatic rings. The average Bonchev–Trinajstić information content (AvgIpc) is 2.40. The Morgan fingerprint density at radius 2 is 2.06 bits per heavy atom. The van der Waals surface area contributed by atoms with Gasteiger partial charge in [-0.25, -0.2) is 4.98 Å². The van der Waals surface area contributed by atoms with Crippen molar-refractivity contribution in [2.75, 3.05) is 5.75 Å². The van der Waals surface area contributed by atoms with Gasteiger partial charge >= 0.3 is 5.97 Å². The summed E-state index contributed by atoms with van der Waals surface area (Å²) < 4.78 is 10.5. The Morgan fingerprint density at radius 1 is 1.44 bits per heavy atom. The van der Waals surface area contributed by atoms with Gasteiger partial charge in [-0.05, 0) is 34.6 Å². The number of carbonyl (C=O) groups excluding carboxylic acids is 1. The van der Waals surface area contributed by atoms with Crippen LogP contribution in [0.5, 0.6) is 0 Å². The van der Waals surface area contributed by atoms with Crippen molar-refractivity contribution in [3.8, 4) is 0 Å². The number of nitrogens with zero attached hydrogens (tertiary/aromatic N) is 1. The molecule has 5 heteroatoms. The zero-order chi connectivity index (χ0) is 12.3. The van der Waals surface area contributed by atoms with Crippen molar-refractivity contribution in [3.63, 3.8) is 0 Å². The van der Waals surface area contributed by atoms with E-state index in [1.165, 1.54) is 11.8 Å². The summed E-state index contributed by atoms with van der Waals surface area (Å²) in [5.74, 6) is 0.745. The van der Waals surface area contributed by atoms with E-state index < -0.39 is 5.60 Å². The standard InChI is InChI=1S/C11H17NO3S/c1-7-8(2)14-10(12-7)16-6-9(13)15-11(3,4)5/h6H2,1-5H3. The van der Waals surface area contributed by atoms with Crippen molar-refractivity contribution in [2.45, 2.75) is 45.4 Å². The van der Waals surface area contributed by atoms with E-state index in [2.05, 4.69) is 4.98 Å². The van der Waals surface area contributed by atoms with Gasteiger partial charge in [0.15, 0.2) is 0 Å². The second-order valence-electron chi connectivity index (χ2n) is 4.50. The van der Waals surface area contributed by atoms with Crippen molar-refractivity contribution in [1.82, 2.24) is 4.98 Å². The second-order valence-corrected chi connectivity index (χ2v) is 5.42. The van der Waals surface area contributed by atoms with Gasteiger partial charge in [-0.2, -0.15) is 0 Å². The van der Waals surface area contributed by atoms with Gasteiger partial charge in [-0.1, -0.05) is 11.8 Å². The van der Waals surface area contributed by atoms with Gasteiger partial charge in [0.1, 0.15) is 17.1 Å². The lowest BCUT2D eigenvalue weighted by Crippen LogP contribution is -2.24. The first-order chi connectivity index (χ1) is 7.28. The predicted molar refractivity (Wildman–Crippen MR) is 62.5 cm³/mol. The van der Waals surface area contributed by atoms with Crippen LogP contribution >= 0.6 is 11.8 Å². The highest BCUT2D eigenvalue weighted by atomic mass is 32.2. The maximum absolute atomic E-state index is 11.4. The number of esters is 1. The molecule has 0 aromatic carbocycles. The van der Waals surface area contributed by atoms with Crippen LogP contribution in [-0.4, -0.2) is 22.3 Å². The SMILES string of the molecule is Cc1nc(SCC(=O)OC(C)(C)C)oc1C. The van der Waals surface area contributed by atoms with Crippen LogP contribution in [0.4, 0.5) is 0 Å². The lowest BCUT2D eigenvalue weighted by atomic mass is 10.2. The Kier molecular flexibility index (Phi) is 4.02. The molecule has 0 amide bonds. The molecule has 4 nitrogen and oxygen atoms in total. The summed E-state index contributed by atoms with van der Waals surface area (Å²) in [5, 5.41) is 0.515. The molecule has 0 saturated carbocycles. The molecule has 0 spiro atoms. The fourth-order valence-corrected chi connectivity index (χ4v) is 1.68. The minimum absolute atomic E-state index is 0.219. The van der Waals surface area contributed by atoms with E-state index >= 15 is 0 Å². The molecule has 1 rings (SSSR count). The third kappa shape index (κ3) is 4.26. The van der Waals surface area contributed by atoms with Gasteiger partial charge in [0.25, 0.3) is 5.22 Å². The largest absolute Gasteiger partial charge is 0.459 e. The molecule has 0 aliphatic carbocycles. The highest BCUT2D eigenvalue weighted by Gasteiger charge is 2.17. The number of aryl methyl sites for hydroxylation is 2. The molecule has 0 radical (unpaired) electrons. The summed E-state index contributed by atoms with van der Waals surface area (Å²) in [5.41, 5.74) is 0.409. The minimum atomic E-state index is -0.444. The third-order valence-electron chi connectivity index (χ3n) is 1.74. The summed E-state index contributed by atoms with van der Waals surface area (Å²) in [6, 6.07) is 0. The maximum atomic E-state index is 11.4. The van der Waals surface area contributed by atoms with Crippen molar-refractivity contribution >= 4 is 17.7 Å². The molecule has 0 N–H and O–H groups in total. The van der Waals surface area contributed by atoms with E-state index in [0.29, 0.717) is 5.22 Å². The summed E-state index contributed by atoms with van der Waals surface area (Å²) in [4.78, 5) is 15.6. The van der Waals surface area contributed by atoms with E-state index in [1.54, 1.807) is 0 Å². The normalized spacial score (nSPS) is 11.6. The van der Waals surface area contributed by atoms with Gasteiger partial charge in [0, 0.05) is 0 Å². The molecule has 0 atom stereocenters. The van der Waals surface area contributed by atoms with E-state index in [0.717, 1.165) is 11.5 Å². The van der Waals surface area contributed by atoms with E-state index in [9.17, 15) is 4.79 Å². The van der Waals surface area contributed by atoms with Crippen LogP contribution in [0.2, 0.25) is 0 Å². The van der Waals surface area contributed by atoms with Crippen LogP contribution in [0.3, 0.4) is 0 Å². The minimum Gasteiger partial charge on any atom is -0.459 e. The number of carbonyl (C=O) groups is 1. The van der Waals surface area contributed by atoms with Crippen molar-refractivity contribution in [3.05, 3.63) is 11.5 Å². The molecule has 0 bridgehead atoms. The number of aromatic nitrogens is 1. The summed E-state index contributed by atoms with van der Waals surface area (Å²) in [7, 11) is 0. The topological polar surface area (TPSA) is 52.3 Å². The molecule has 0 unspecified atom stereocenters. The highest BCUT2D eigenvalue weighted by Crippen LogP contribution is 2.20. The number of thioether (sulfide) groups is 1. The lowest BCUT2D eigenvalue weighted by Gasteiger charge is -2.18. The quantitative estimate of drug-likeness (QED) is 0.603. The summed E-state index contributed by atoms with van der Waals surface area (Å²) in [6.45, 7) is 9.25. The van der Waals surface area contributed by atoms with Crippen LogP contribution in [-0.2, 0) is 9.53 Å². The number of hydrogen-bond acceptors (Lipinski definition) is 5. The summed E-state index contributed by atoms with van der Waals surface area (Å²) >= 11 is 1.25. The van der Waals surface area contributed by atoms with Gasteiger partial charge in [0.2, 0.25) is 0 Å². The molecular weight excluding hydrogens is 226 g/mol.